The Morgan fingerprint density at radius 1 is 1.21 bits per heavy atom. The van der Waals surface area contributed by atoms with Gasteiger partial charge in [0, 0.05) is 10.9 Å². The highest BCUT2D eigenvalue weighted by molar-refractivity contribution is 5.89. The van der Waals surface area contributed by atoms with Gasteiger partial charge in [-0.1, -0.05) is 34.3 Å². The van der Waals surface area contributed by atoms with Crippen molar-refractivity contribution in [3.63, 3.8) is 0 Å². The Hall–Kier alpha value is -3.61. The standard InChI is InChI=1S/C22H20N2O4.C3H6O.C2H6/c1-3-12-15-7-11(25)5-6-18(15)23-20-16(12)9-24-19(20)8-14-13(4-2)22(27)28-10-17(14)21(24)26;1-3(2)4;1-2/h5-8,13,25H,3-4,9-10H2,1-2H3;4H,1H2,2H3;1-2H3. The van der Waals surface area contributed by atoms with Crippen LogP contribution in [-0.4, -0.2) is 25.7 Å². The molecule has 180 valence electrons. The molecule has 0 bridgehead atoms. The monoisotopic (exact) mass is 464 g/mol. The van der Waals surface area contributed by atoms with E-state index in [1.165, 1.54) is 6.92 Å². The molecule has 34 heavy (non-hydrogen) atoms. The van der Waals surface area contributed by atoms with Gasteiger partial charge >= 0.3 is 5.97 Å². The molecule has 0 fully saturated rings. The number of nitrogens with zero attached hydrogens (tertiary/aromatic N) is 2. The van der Waals surface area contributed by atoms with Crippen molar-refractivity contribution < 1.29 is 19.7 Å². The minimum absolute atomic E-state index is 0.0318. The smallest absolute Gasteiger partial charge is 0.313 e. The molecule has 0 radical (unpaired) electrons. The van der Waals surface area contributed by atoms with Crippen molar-refractivity contribution >= 4 is 16.9 Å². The van der Waals surface area contributed by atoms with Gasteiger partial charge in [0.05, 0.1) is 40.7 Å². The van der Waals surface area contributed by atoms with Gasteiger partial charge in [0.15, 0.2) is 0 Å². The van der Waals surface area contributed by atoms with Crippen LogP contribution in [0, 0.1) is 0 Å². The molecule has 1 aromatic carbocycles. The van der Waals surface area contributed by atoms with Crippen LogP contribution >= 0.6 is 0 Å². The van der Waals surface area contributed by atoms with E-state index in [0.29, 0.717) is 18.5 Å². The van der Waals surface area contributed by atoms with E-state index in [2.05, 4.69) is 13.5 Å². The zero-order valence-corrected chi connectivity index (χ0v) is 20.4. The largest absolute Gasteiger partial charge is 0.513 e. The predicted molar refractivity (Wildman–Crippen MR) is 133 cm³/mol. The number of esters is 1. The SMILES string of the molecule is C=C(C)O.CC.CCc1c2c(nc3ccc(O)cc13)-c1cc3c(c(=O)n1C2)COC(=O)C3CC. The number of pyridine rings is 2. The van der Waals surface area contributed by atoms with Gasteiger partial charge in [0.25, 0.3) is 5.56 Å². The third kappa shape index (κ3) is 4.30. The number of hydrogen-bond donors (Lipinski definition) is 2. The fraction of sp³-hybridized carbons (Fsp3) is 0.370. The first-order chi connectivity index (χ1) is 16.3. The maximum absolute atomic E-state index is 13.2. The number of benzene rings is 1. The number of phenols is 1. The van der Waals surface area contributed by atoms with Crippen LogP contribution in [0.1, 0.15) is 69.2 Å². The van der Waals surface area contributed by atoms with Crippen LogP contribution in [0.5, 0.6) is 5.75 Å². The molecular formula is C27H32N2O5. The number of carbonyl (C=O) groups excluding carboxylic acids is 1. The Morgan fingerprint density at radius 3 is 2.50 bits per heavy atom. The van der Waals surface area contributed by atoms with Crippen molar-refractivity contribution in [1.82, 2.24) is 9.55 Å². The maximum Gasteiger partial charge on any atom is 0.313 e. The molecule has 3 aromatic rings. The fourth-order valence-corrected chi connectivity index (χ4v) is 4.58. The summed E-state index contributed by atoms with van der Waals surface area (Å²) in [5.41, 5.74) is 5.69. The number of aliphatic hydroxyl groups excluding tert-OH is 1. The Labute approximate surface area is 199 Å². The van der Waals surface area contributed by atoms with Crippen LogP contribution in [0.15, 0.2) is 41.4 Å². The number of carbonyl (C=O) groups is 1. The molecule has 0 saturated carbocycles. The number of hydrogen-bond acceptors (Lipinski definition) is 6. The van der Waals surface area contributed by atoms with E-state index in [4.69, 9.17) is 14.8 Å². The number of ether oxygens (including phenoxy) is 1. The summed E-state index contributed by atoms with van der Waals surface area (Å²) < 4.78 is 6.99. The third-order valence-electron chi connectivity index (χ3n) is 5.96. The maximum atomic E-state index is 13.2. The zero-order valence-electron chi connectivity index (χ0n) is 20.4. The molecule has 5 rings (SSSR count). The number of fused-ring (bicyclic) bond motifs is 5. The van der Waals surface area contributed by atoms with E-state index < -0.39 is 5.92 Å². The van der Waals surface area contributed by atoms with Gasteiger partial charge in [-0.05, 0) is 55.2 Å². The number of rotatable bonds is 2. The third-order valence-corrected chi connectivity index (χ3v) is 5.96. The first-order valence-electron chi connectivity index (χ1n) is 11.7. The molecular weight excluding hydrogens is 432 g/mol. The number of allylic oxidation sites excluding steroid dienone is 1. The Morgan fingerprint density at radius 2 is 1.88 bits per heavy atom. The number of aromatic nitrogens is 2. The van der Waals surface area contributed by atoms with Gasteiger partial charge < -0.3 is 19.5 Å². The molecule has 2 aromatic heterocycles. The van der Waals surface area contributed by atoms with Crippen molar-refractivity contribution in [2.45, 2.75) is 66.5 Å². The van der Waals surface area contributed by atoms with Crippen molar-refractivity contribution in [2.24, 2.45) is 0 Å². The van der Waals surface area contributed by atoms with Crippen LogP contribution in [-0.2, 0) is 29.1 Å². The number of phenolic OH excluding ortho intramolecular Hbond substituents is 1. The van der Waals surface area contributed by atoms with Crippen molar-refractivity contribution in [1.29, 1.82) is 0 Å². The topological polar surface area (TPSA) is 102 Å². The van der Waals surface area contributed by atoms with Gasteiger partial charge in [0.2, 0.25) is 0 Å². The second kappa shape index (κ2) is 10.1. The lowest BCUT2D eigenvalue weighted by molar-refractivity contribution is -0.148. The van der Waals surface area contributed by atoms with Crippen LogP contribution < -0.4 is 5.56 Å². The number of aryl methyl sites for hydroxylation is 1. The summed E-state index contributed by atoms with van der Waals surface area (Å²) in [6.07, 6.45) is 1.36. The molecule has 0 saturated heterocycles. The summed E-state index contributed by atoms with van der Waals surface area (Å²) >= 11 is 0. The van der Waals surface area contributed by atoms with Gasteiger partial charge in [-0.2, -0.15) is 0 Å². The van der Waals surface area contributed by atoms with Crippen molar-refractivity contribution in [3.8, 4) is 17.1 Å². The van der Waals surface area contributed by atoms with Crippen LogP contribution in [0.3, 0.4) is 0 Å². The quantitative estimate of drug-likeness (QED) is 0.306. The molecule has 0 aliphatic carbocycles. The lowest BCUT2D eigenvalue weighted by Gasteiger charge is -2.24. The highest BCUT2D eigenvalue weighted by Gasteiger charge is 2.34. The lowest BCUT2D eigenvalue weighted by Crippen LogP contribution is -2.32. The summed E-state index contributed by atoms with van der Waals surface area (Å²) in [6.45, 7) is 13.1. The van der Waals surface area contributed by atoms with Crippen LogP contribution in [0.4, 0.5) is 0 Å². The van der Waals surface area contributed by atoms with Gasteiger partial charge in [0.1, 0.15) is 12.4 Å². The molecule has 2 N–H and O–H groups in total. The highest BCUT2D eigenvalue weighted by atomic mass is 16.5. The second-order valence-electron chi connectivity index (χ2n) is 8.13. The van der Waals surface area contributed by atoms with E-state index in [0.717, 1.165) is 45.4 Å². The molecule has 7 nitrogen and oxygen atoms in total. The Bertz CT molecular complexity index is 1320. The Kier molecular flexibility index (Phi) is 7.44. The first-order valence-corrected chi connectivity index (χ1v) is 11.7. The second-order valence-corrected chi connectivity index (χ2v) is 8.13. The average Bonchev–Trinajstić information content (AvgIpc) is 3.17. The summed E-state index contributed by atoms with van der Waals surface area (Å²) in [4.78, 5) is 30.2. The zero-order chi connectivity index (χ0) is 25.2. The Balaban J connectivity index is 0.000000492. The van der Waals surface area contributed by atoms with Gasteiger partial charge in [-0.3, -0.25) is 9.59 Å². The number of aromatic hydroxyl groups is 1. The van der Waals surface area contributed by atoms with E-state index in [-0.39, 0.29) is 29.6 Å². The summed E-state index contributed by atoms with van der Waals surface area (Å²) in [5, 5.41) is 18.7. The lowest BCUT2D eigenvalue weighted by atomic mass is 9.90. The summed E-state index contributed by atoms with van der Waals surface area (Å²) in [6, 6.07) is 7.11. The van der Waals surface area contributed by atoms with Crippen LogP contribution in [0.25, 0.3) is 22.3 Å². The molecule has 2 aliphatic rings. The molecule has 4 heterocycles. The molecule has 2 aliphatic heterocycles. The average molecular weight is 465 g/mol. The van der Waals surface area contributed by atoms with E-state index in [1.54, 1.807) is 22.8 Å². The molecule has 7 heteroatoms. The van der Waals surface area contributed by atoms with Crippen molar-refractivity contribution in [2.75, 3.05) is 0 Å². The van der Waals surface area contributed by atoms with E-state index in [1.807, 2.05) is 26.8 Å². The predicted octanol–water partition coefficient (Wildman–Crippen LogP) is 5.35. The molecule has 0 amide bonds. The highest BCUT2D eigenvalue weighted by Crippen LogP contribution is 2.39. The minimum Gasteiger partial charge on any atom is -0.513 e. The fourth-order valence-electron chi connectivity index (χ4n) is 4.58. The summed E-state index contributed by atoms with van der Waals surface area (Å²) in [7, 11) is 0. The molecule has 1 unspecified atom stereocenters. The minimum atomic E-state index is -0.408. The van der Waals surface area contributed by atoms with E-state index >= 15 is 0 Å². The molecule has 1 atom stereocenters. The number of aliphatic hydroxyl groups is 1. The van der Waals surface area contributed by atoms with Gasteiger partial charge in [-0.15, -0.1) is 0 Å². The number of cyclic esters (lactones) is 1. The van der Waals surface area contributed by atoms with Crippen LogP contribution in [0.2, 0.25) is 0 Å². The molecule has 0 spiro atoms. The van der Waals surface area contributed by atoms with Gasteiger partial charge in [-0.25, -0.2) is 4.98 Å². The van der Waals surface area contributed by atoms with E-state index in [9.17, 15) is 14.7 Å². The summed E-state index contributed by atoms with van der Waals surface area (Å²) in [5.74, 6) is -0.309. The first kappa shape index (κ1) is 25.0. The normalized spacial score (nSPS) is 15.1. The van der Waals surface area contributed by atoms with Crippen molar-refractivity contribution in [3.05, 3.63) is 69.2 Å².